The largest absolute Gasteiger partial charge is 0.384 e. The molecular weight excluding hydrogens is 328 g/mol. The first-order valence-electron chi connectivity index (χ1n) is 9.89. The van der Waals surface area contributed by atoms with Gasteiger partial charge in [0.2, 0.25) is 5.91 Å². The fraction of sp³-hybridized carbons (Fsp3) is 0.667. The first-order valence-corrected chi connectivity index (χ1v) is 9.89. The molecule has 0 atom stereocenters. The van der Waals surface area contributed by atoms with Crippen LogP contribution in [0.4, 0.5) is 0 Å². The quantitative estimate of drug-likeness (QED) is 0.748. The Kier molecular flexibility index (Phi) is 7.47. The molecule has 0 spiro atoms. The van der Waals surface area contributed by atoms with Crippen LogP contribution in [-0.2, 0) is 27.2 Å². The van der Waals surface area contributed by atoms with E-state index in [4.69, 9.17) is 9.47 Å². The molecule has 1 aromatic carbocycles. The number of methoxy groups -OCH3 is 1. The van der Waals surface area contributed by atoms with Crippen LogP contribution in [0.3, 0.4) is 0 Å². The minimum atomic E-state index is 0.234. The third-order valence-corrected chi connectivity index (χ3v) is 5.54. The molecule has 2 saturated heterocycles. The minimum absolute atomic E-state index is 0.234. The maximum absolute atomic E-state index is 12.1. The number of likely N-dealkylation sites (tertiary alicyclic amines) is 1. The van der Waals surface area contributed by atoms with Crippen molar-refractivity contribution in [1.82, 2.24) is 9.80 Å². The zero-order valence-corrected chi connectivity index (χ0v) is 16.0. The second-order valence-electron chi connectivity index (χ2n) is 7.48. The van der Waals surface area contributed by atoms with E-state index in [0.717, 1.165) is 65.2 Å². The highest BCUT2D eigenvalue weighted by atomic mass is 16.5. The maximum Gasteiger partial charge on any atom is 0.224 e. The van der Waals surface area contributed by atoms with Crippen molar-refractivity contribution in [2.45, 2.75) is 32.2 Å². The van der Waals surface area contributed by atoms with Gasteiger partial charge in [-0.3, -0.25) is 9.69 Å². The normalized spacial score (nSPS) is 19.7. The van der Waals surface area contributed by atoms with Gasteiger partial charge in [-0.1, -0.05) is 24.3 Å². The molecule has 5 heteroatoms. The van der Waals surface area contributed by atoms with Crippen molar-refractivity contribution in [3.63, 3.8) is 0 Å². The van der Waals surface area contributed by atoms with E-state index >= 15 is 0 Å². The van der Waals surface area contributed by atoms with Gasteiger partial charge >= 0.3 is 0 Å². The lowest BCUT2D eigenvalue weighted by Crippen LogP contribution is -2.39. The summed E-state index contributed by atoms with van der Waals surface area (Å²) < 4.78 is 10.4. The summed E-state index contributed by atoms with van der Waals surface area (Å²) in [5.41, 5.74) is 2.80. The lowest BCUT2D eigenvalue weighted by molar-refractivity contribution is -0.133. The number of benzene rings is 1. The van der Waals surface area contributed by atoms with Crippen molar-refractivity contribution < 1.29 is 14.3 Å². The van der Waals surface area contributed by atoms with Crippen LogP contribution >= 0.6 is 0 Å². The van der Waals surface area contributed by atoms with Gasteiger partial charge in [-0.05, 0) is 36.3 Å². The maximum atomic E-state index is 12.1. The predicted octanol–water partition coefficient (Wildman–Crippen LogP) is 2.34. The number of carbonyl (C=O) groups is 1. The Morgan fingerprint density at radius 2 is 1.73 bits per heavy atom. The number of hydrogen-bond acceptors (Lipinski definition) is 4. The molecule has 2 aliphatic heterocycles. The van der Waals surface area contributed by atoms with E-state index in [1.807, 2.05) is 4.90 Å². The molecule has 26 heavy (non-hydrogen) atoms. The molecule has 0 N–H and O–H groups in total. The average Bonchev–Trinajstić information content (AvgIpc) is 2.69. The van der Waals surface area contributed by atoms with E-state index in [9.17, 15) is 4.79 Å². The van der Waals surface area contributed by atoms with Crippen LogP contribution in [-0.4, -0.2) is 68.8 Å². The number of ether oxygens (including phenoxy) is 2. The van der Waals surface area contributed by atoms with Crippen molar-refractivity contribution in [2.24, 2.45) is 5.92 Å². The molecule has 0 unspecified atom stereocenters. The van der Waals surface area contributed by atoms with Crippen LogP contribution < -0.4 is 0 Å². The van der Waals surface area contributed by atoms with Crippen molar-refractivity contribution in [1.29, 1.82) is 0 Å². The van der Waals surface area contributed by atoms with Gasteiger partial charge in [0.05, 0.1) is 26.2 Å². The molecule has 144 valence electrons. The summed E-state index contributed by atoms with van der Waals surface area (Å²) in [5, 5.41) is 0. The first-order chi connectivity index (χ1) is 12.7. The highest BCUT2D eigenvalue weighted by molar-refractivity contribution is 5.76. The van der Waals surface area contributed by atoms with E-state index in [1.165, 1.54) is 11.1 Å². The van der Waals surface area contributed by atoms with Gasteiger partial charge in [0.1, 0.15) is 0 Å². The number of amides is 1. The van der Waals surface area contributed by atoms with Gasteiger partial charge in [-0.2, -0.15) is 0 Å². The zero-order valence-electron chi connectivity index (χ0n) is 16.0. The molecule has 2 aliphatic rings. The summed E-state index contributed by atoms with van der Waals surface area (Å²) in [6.07, 6.45) is 3.84. The van der Waals surface area contributed by atoms with E-state index in [1.54, 1.807) is 7.11 Å². The minimum Gasteiger partial charge on any atom is -0.384 e. The van der Waals surface area contributed by atoms with Crippen molar-refractivity contribution in [2.75, 3.05) is 53.1 Å². The van der Waals surface area contributed by atoms with Gasteiger partial charge < -0.3 is 14.4 Å². The van der Waals surface area contributed by atoms with E-state index in [-0.39, 0.29) is 5.91 Å². The number of hydrogen-bond donors (Lipinski definition) is 0. The third kappa shape index (κ3) is 5.79. The smallest absolute Gasteiger partial charge is 0.224 e. The summed E-state index contributed by atoms with van der Waals surface area (Å²) in [7, 11) is 1.64. The predicted molar refractivity (Wildman–Crippen MR) is 102 cm³/mol. The van der Waals surface area contributed by atoms with Crippen molar-refractivity contribution in [3.8, 4) is 0 Å². The summed E-state index contributed by atoms with van der Waals surface area (Å²) in [5.74, 6) is 0.921. The van der Waals surface area contributed by atoms with Crippen LogP contribution in [0.1, 0.15) is 30.4 Å². The molecule has 5 nitrogen and oxygen atoms in total. The van der Waals surface area contributed by atoms with Crippen molar-refractivity contribution in [3.05, 3.63) is 35.4 Å². The van der Waals surface area contributed by atoms with E-state index < -0.39 is 0 Å². The molecule has 2 heterocycles. The van der Waals surface area contributed by atoms with Gasteiger partial charge in [0.15, 0.2) is 0 Å². The number of carbonyl (C=O) groups excluding carboxylic acids is 1. The lowest BCUT2D eigenvalue weighted by Gasteiger charge is -2.32. The third-order valence-electron chi connectivity index (χ3n) is 5.54. The lowest BCUT2D eigenvalue weighted by atomic mass is 9.90. The fourth-order valence-electron chi connectivity index (χ4n) is 3.87. The Morgan fingerprint density at radius 3 is 2.38 bits per heavy atom. The molecule has 1 aromatic rings. The Hall–Kier alpha value is -1.43. The van der Waals surface area contributed by atoms with Crippen LogP contribution in [0.2, 0.25) is 0 Å². The molecule has 0 saturated carbocycles. The molecule has 3 rings (SSSR count). The van der Waals surface area contributed by atoms with Crippen LogP contribution in [0, 0.1) is 5.92 Å². The summed E-state index contributed by atoms with van der Waals surface area (Å²) in [6.45, 7) is 7.09. The Morgan fingerprint density at radius 1 is 1.08 bits per heavy atom. The Bertz CT molecular complexity index is 547. The summed E-state index contributed by atoms with van der Waals surface area (Å²) in [4.78, 5) is 16.5. The molecule has 1 amide bonds. The Balaban J connectivity index is 1.41. The number of piperidine rings is 1. The Labute approximate surface area is 157 Å². The van der Waals surface area contributed by atoms with Gasteiger partial charge in [0.25, 0.3) is 0 Å². The number of morpholine rings is 1. The SMILES string of the molecule is COCCC(=O)N1CCC(Cc2ccc(CN3CCOCC3)cc2)CC1. The van der Waals surface area contributed by atoms with Crippen LogP contribution in [0.25, 0.3) is 0 Å². The van der Waals surface area contributed by atoms with Gasteiger partial charge in [-0.25, -0.2) is 0 Å². The van der Waals surface area contributed by atoms with E-state index in [2.05, 4.69) is 29.2 Å². The summed E-state index contributed by atoms with van der Waals surface area (Å²) in [6, 6.07) is 9.11. The van der Waals surface area contributed by atoms with Crippen LogP contribution in [0.15, 0.2) is 24.3 Å². The molecule has 0 radical (unpaired) electrons. The average molecular weight is 360 g/mol. The topological polar surface area (TPSA) is 42.0 Å². The molecule has 0 aliphatic carbocycles. The number of nitrogens with zero attached hydrogens (tertiary/aromatic N) is 2. The molecule has 2 fully saturated rings. The monoisotopic (exact) mass is 360 g/mol. The summed E-state index contributed by atoms with van der Waals surface area (Å²) >= 11 is 0. The highest BCUT2D eigenvalue weighted by Crippen LogP contribution is 2.22. The molecule has 0 aromatic heterocycles. The van der Waals surface area contributed by atoms with Gasteiger partial charge in [0, 0.05) is 39.8 Å². The second-order valence-corrected chi connectivity index (χ2v) is 7.48. The first kappa shape index (κ1) is 19.3. The second kappa shape index (κ2) is 10.0. The molecule has 0 bridgehead atoms. The zero-order chi connectivity index (χ0) is 18.2. The number of rotatable bonds is 7. The van der Waals surface area contributed by atoms with Gasteiger partial charge in [-0.15, -0.1) is 0 Å². The standard InChI is InChI=1S/C21H32N2O3/c1-25-13-8-21(24)23-9-6-19(7-10-23)16-18-2-4-20(5-3-18)17-22-11-14-26-15-12-22/h2-5,19H,6-17H2,1H3. The molecular formula is C21H32N2O3. The highest BCUT2D eigenvalue weighted by Gasteiger charge is 2.22. The van der Waals surface area contributed by atoms with E-state index in [0.29, 0.717) is 18.9 Å². The van der Waals surface area contributed by atoms with Crippen LogP contribution in [0.5, 0.6) is 0 Å². The van der Waals surface area contributed by atoms with Crippen molar-refractivity contribution >= 4 is 5.91 Å². The fourth-order valence-corrected chi connectivity index (χ4v) is 3.87.